The maximum absolute atomic E-state index is 12.7. The summed E-state index contributed by atoms with van der Waals surface area (Å²) in [6, 6.07) is 4.88. The molecule has 0 saturated carbocycles. The second-order valence-corrected chi connectivity index (χ2v) is 8.40. The number of hydrogen-bond acceptors (Lipinski definition) is 3. The van der Waals surface area contributed by atoms with Crippen molar-refractivity contribution in [1.29, 1.82) is 0 Å². The Labute approximate surface area is 142 Å². The van der Waals surface area contributed by atoms with E-state index in [4.69, 9.17) is 0 Å². The van der Waals surface area contributed by atoms with Gasteiger partial charge in [-0.05, 0) is 48.0 Å². The number of halogens is 2. The van der Waals surface area contributed by atoms with Crippen LogP contribution in [0.3, 0.4) is 0 Å². The van der Waals surface area contributed by atoms with Crippen LogP contribution in [0.25, 0.3) is 0 Å². The lowest BCUT2D eigenvalue weighted by Crippen LogP contribution is -2.42. The zero-order valence-corrected chi connectivity index (χ0v) is 16.0. The first-order valence-corrected chi connectivity index (χ1v) is 9.45. The van der Waals surface area contributed by atoms with Crippen LogP contribution in [-0.4, -0.2) is 37.8 Å². The van der Waals surface area contributed by atoms with Gasteiger partial charge in [0.1, 0.15) is 0 Å². The standard InChI is InChI=1S/C13H18Br2N2O3S/c1-4-17(8-13(18)16-9(2)3)21(19,20)12-7-10(14)5-6-11(12)15/h5-7,9H,4,8H2,1-3H3,(H,16,18). The van der Waals surface area contributed by atoms with Crippen molar-refractivity contribution in [3.05, 3.63) is 27.1 Å². The Balaban J connectivity index is 3.08. The van der Waals surface area contributed by atoms with Crippen LogP contribution in [-0.2, 0) is 14.8 Å². The topological polar surface area (TPSA) is 66.5 Å². The summed E-state index contributed by atoms with van der Waals surface area (Å²) in [7, 11) is -3.74. The SMILES string of the molecule is CCN(CC(=O)NC(C)C)S(=O)(=O)c1cc(Br)ccc1Br. The number of benzene rings is 1. The molecule has 1 aromatic carbocycles. The highest BCUT2D eigenvalue weighted by molar-refractivity contribution is 9.11. The summed E-state index contributed by atoms with van der Waals surface area (Å²) in [5.41, 5.74) is 0. The fourth-order valence-corrected chi connectivity index (χ4v) is 4.58. The largest absolute Gasteiger partial charge is 0.353 e. The summed E-state index contributed by atoms with van der Waals surface area (Å²) >= 11 is 6.50. The van der Waals surface area contributed by atoms with E-state index in [-0.39, 0.29) is 29.9 Å². The number of nitrogens with zero attached hydrogens (tertiary/aromatic N) is 1. The third-order valence-electron chi connectivity index (χ3n) is 2.63. The number of likely N-dealkylation sites (N-methyl/N-ethyl adjacent to an activating group) is 1. The number of sulfonamides is 1. The van der Waals surface area contributed by atoms with E-state index in [1.54, 1.807) is 19.1 Å². The van der Waals surface area contributed by atoms with Gasteiger partial charge in [-0.25, -0.2) is 8.42 Å². The van der Waals surface area contributed by atoms with Crippen molar-refractivity contribution in [2.45, 2.75) is 31.7 Å². The summed E-state index contributed by atoms with van der Waals surface area (Å²) < 4.78 is 27.6. The molecule has 0 spiro atoms. The van der Waals surface area contributed by atoms with Crippen LogP contribution < -0.4 is 5.32 Å². The van der Waals surface area contributed by atoms with E-state index >= 15 is 0 Å². The Kier molecular flexibility index (Phi) is 6.83. The third kappa shape index (κ3) is 5.05. The molecule has 5 nitrogen and oxygen atoms in total. The van der Waals surface area contributed by atoms with Crippen molar-refractivity contribution < 1.29 is 13.2 Å². The number of carbonyl (C=O) groups excluding carboxylic acids is 1. The van der Waals surface area contributed by atoms with Gasteiger partial charge in [-0.15, -0.1) is 0 Å². The van der Waals surface area contributed by atoms with Crippen molar-refractivity contribution >= 4 is 47.8 Å². The van der Waals surface area contributed by atoms with Gasteiger partial charge in [-0.3, -0.25) is 4.79 Å². The summed E-state index contributed by atoms with van der Waals surface area (Å²) in [4.78, 5) is 11.9. The molecule has 1 N–H and O–H groups in total. The van der Waals surface area contributed by atoms with Crippen LogP contribution in [0.5, 0.6) is 0 Å². The molecule has 118 valence electrons. The number of rotatable bonds is 6. The van der Waals surface area contributed by atoms with Gasteiger partial charge in [0.2, 0.25) is 15.9 Å². The molecule has 0 unspecified atom stereocenters. The van der Waals surface area contributed by atoms with E-state index in [0.717, 1.165) is 4.31 Å². The van der Waals surface area contributed by atoms with E-state index in [9.17, 15) is 13.2 Å². The quantitative estimate of drug-likeness (QED) is 0.737. The number of amides is 1. The van der Waals surface area contributed by atoms with E-state index in [2.05, 4.69) is 37.2 Å². The van der Waals surface area contributed by atoms with E-state index in [1.807, 2.05) is 13.8 Å². The summed E-state index contributed by atoms with van der Waals surface area (Å²) in [5.74, 6) is -0.318. The average Bonchev–Trinajstić information content (AvgIpc) is 2.37. The van der Waals surface area contributed by atoms with Gasteiger partial charge >= 0.3 is 0 Å². The highest BCUT2D eigenvalue weighted by atomic mass is 79.9. The van der Waals surface area contributed by atoms with Crippen LogP contribution >= 0.6 is 31.9 Å². The normalized spacial score (nSPS) is 12.0. The Hall–Kier alpha value is -0.440. The molecule has 1 aromatic rings. The zero-order valence-electron chi connectivity index (χ0n) is 12.1. The molecule has 0 aliphatic heterocycles. The van der Waals surface area contributed by atoms with Gasteiger partial charge < -0.3 is 5.32 Å². The van der Waals surface area contributed by atoms with E-state index in [1.165, 1.54) is 6.07 Å². The lowest BCUT2D eigenvalue weighted by molar-refractivity contribution is -0.121. The molecule has 1 rings (SSSR count). The molecule has 0 heterocycles. The first-order chi connectivity index (χ1) is 9.68. The minimum Gasteiger partial charge on any atom is -0.353 e. The Morgan fingerprint density at radius 1 is 1.33 bits per heavy atom. The van der Waals surface area contributed by atoms with Crippen LogP contribution in [0, 0.1) is 0 Å². The van der Waals surface area contributed by atoms with Gasteiger partial charge in [0.15, 0.2) is 0 Å². The molecule has 0 bridgehead atoms. The Morgan fingerprint density at radius 3 is 2.48 bits per heavy atom. The average molecular weight is 442 g/mol. The molecular weight excluding hydrogens is 424 g/mol. The fourth-order valence-electron chi connectivity index (χ4n) is 1.71. The van der Waals surface area contributed by atoms with Gasteiger partial charge in [0.05, 0.1) is 11.4 Å². The third-order valence-corrected chi connectivity index (χ3v) is 6.04. The molecule has 0 aliphatic rings. The van der Waals surface area contributed by atoms with Gasteiger partial charge in [0.25, 0.3) is 0 Å². The molecule has 0 saturated heterocycles. The molecule has 8 heteroatoms. The van der Waals surface area contributed by atoms with Crippen molar-refractivity contribution in [2.75, 3.05) is 13.1 Å². The number of nitrogens with one attached hydrogen (secondary N) is 1. The molecule has 0 radical (unpaired) electrons. The zero-order chi connectivity index (χ0) is 16.2. The summed E-state index contributed by atoms with van der Waals surface area (Å²) in [6.45, 7) is 5.37. The number of hydrogen-bond donors (Lipinski definition) is 1. The number of carbonyl (C=O) groups is 1. The van der Waals surface area contributed by atoms with Crippen LogP contribution in [0.2, 0.25) is 0 Å². The molecule has 0 atom stereocenters. The first kappa shape index (κ1) is 18.6. The van der Waals surface area contributed by atoms with Crippen molar-refractivity contribution in [3.63, 3.8) is 0 Å². The van der Waals surface area contributed by atoms with Gasteiger partial charge in [-0.1, -0.05) is 22.9 Å². The van der Waals surface area contributed by atoms with Gasteiger partial charge in [0, 0.05) is 21.5 Å². The minimum atomic E-state index is -3.74. The van der Waals surface area contributed by atoms with E-state index < -0.39 is 10.0 Å². The smallest absolute Gasteiger partial charge is 0.244 e. The molecule has 1 amide bonds. The maximum atomic E-state index is 12.7. The maximum Gasteiger partial charge on any atom is 0.244 e. The molecule has 0 aliphatic carbocycles. The molecular formula is C13H18Br2N2O3S. The summed E-state index contributed by atoms with van der Waals surface area (Å²) in [5, 5.41) is 2.69. The molecule has 21 heavy (non-hydrogen) atoms. The van der Waals surface area contributed by atoms with Gasteiger partial charge in [-0.2, -0.15) is 4.31 Å². The van der Waals surface area contributed by atoms with Crippen molar-refractivity contribution in [2.24, 2.45) is 0 Å². The Morgan fingerprint density at radius 2 is 1.95 bits per heavy atom. The Bertz CT molecular complexity index is 618. The summed E-state index contributed by atoms with van der Waals surface area (Å²) in [6.07, 6.45) is 0. The van der Waals surface area contributed by atoms with Crippen LogP contribution in [0.15, 0.2) is 32.0 Å². The lowest BCUT2D eigenvalue weighted by Gasteiger charge is -2.21. The first-order valence-electron chi connectivity index (χ1n) is 6.43. The predicted molar refractivity (Wildman–Crippen MR) is 89.6 cm³/mol. The molecule has 0 fully saturated rings. The highest BCUT2D eigenvalue weighted by Gasteiger charge is 2.27. The van der Waals surface area contributed by atoms with Crippen LogP contribution in [0.4, 0.5) is 0 Å². The second-order valence-electron chi connectivity index (χ2n) is 4.73. The van der Waals surface area contributed by atoms with Crippen molar-refractivity contribution in [3.8, 4) is 0 Å². The second kappa shape index (κ2) is 7.71. The van der Waals surface area contributed by atoms with Crippen LogP contribution in [0.1, 0.15) is 20.8 Å². The fraction of sp³-hybridized carbons (Fsp3) is 0.462. The van der Waals surface area contributed by atoms with Crippen molar-refractivity contribution in [1.82, 2.24) is 9.62 Å². The monoisotopic (exact) mass is 440 g/mol. The predicted octanol–water partition coefficient (Wildman–Crippen LogP) is 2.75. The molecule has 0 aromatic heterocycles. The lowest BCUT2D eigenvalue weighted by atomic mass is 10.4. The highest BCUT2D eigenvalue weighted by Crippen LogP contribution is 2.28. The minimum absolute atomic E-state index is 0.0310. The van der Waals surface area contributed by atoms with E-state index in [0.29, 0.717) is 8.95 Å².